The second-order valence-corrected chi connectivity index (χ2v) is 2.28. The van der Waals surface area contributed by atoms with Gasteiger partial charge in [-0.1, -0.05) is 0 Å². The van der Waals surface area contributed by atoms with Crippen molar-refractivity contribution in [2.24, 2.45) is 0 Å². The van der Waals surface area contributed by atoms with Crippen molar-refractivity contribution in [1.82, 2.24) is 0 Å². The van der Waals surface area contributed by atoms with Gasteiger partial charge in [-0.25, -0.2) is 0 Å². The number of rotatable bonds is 2. The fourth-order valence-electron chi connectivity index (χ4n) is 0.201. The standard InChI is InChI=1S/C4H7NO2S/c1-4(8-2)3-5(6)7/h3H,1-2H3/b4-3+. The number of hydrogen-bond donors (Lipinski definition) is 0. The Balaban J connectivity index is 3.75. The molecule has 0 fully saturated rings. The molecule has 46 valence electrons. The van der Waals surface area contributed by atoms with Crippen molar-refractivity contribution < 1.29 is 4.92 Å². The van der Waals surface area contributed by atoms with Crippen LogP contribution in [0.25, 0.3) is 0 Å². The SMILES string of the molecule is CS/C(C)=C/[N+](=O)[O-]. The zero-order chi connectivity index (χ0) is 6.57. The Morgan fingerprint density at radius 2 is 2.38 bits per heavy atom. The molecule has 3 nitrogen and oxygen atoms in total. The highest BCUT2D eigenvalue weighted by Gasteiger charge is 1.89. The van der Waals surface area contributed by atoms with Gasteiger partial charge in [-0.05, 0) is 13.2 Å². The average Bonchev–Trinajstić information content (AvgIpc) is 1.65. The van der Waals surface area contributed by atoms with E-state index in [1.54, 1.807) is 13.2 Å². The molecule has 0 saturated carbocycles. The number of nitro groups is 1. The van der Waals surface area contributed by atoms with Gasteiger partial charge in [0.25, 0.3) is 0 Å². The Morgan fingerprint density at radius 1 is 1.88 bits per heavy atom. The molecule has 4 heteroatoms. The predicted molar refractivity (Wildman–Crippen MR) is 34.3 cm³/mol. The van der Waals surface area contributed by atoms with Crippen LogP contribution in [0.4, 0.5) is 0 Å². The van der Waals surface area contributed by atoms with E-state index in [9.17, 15) is 10.1 Å². The first-order valence-electron chi connectivity index (χ1n) is 2.02. The third-order valence-corrected chi connectivity index (χ3v) is 1.36. The van der Waals surface area contributed by atoms with Gasteiger partial charge < -0.3 is 0 Å². The fourth-order valence-corrected chi connectivity index (χ4v) is 0.393. The Kier molecular flexibility index (Phi) is 3.26. The second-order valence-electron chi connectivity index (χ2n) is 1.23. The van der Waals surface area contributed by atoms with E-state index in [2.05, 4.69) is 0 Å². The maximum atomic E-state index is 9.68. The first-order valence-corrected chi connectivity index (χ1v) is 3.25. The zero-order valence-electron chi connectivity index (χ0n) is 4.75. The number of thioether (sulfide) groups is 1. The minimum Gasteiger partial charge on any atom is -0.259 e. The van der Waals surface area contributed by atoms with Crippen LogP contribution in [0, 0.1) is 10.1 Å². The molecule has 0 aromatic rings. The fraction of sp³-hybridized carbons (Fsp3) is 0.500. The molecule has 0 aliphatic rings. The highest BCUT2D eigenvalue weighted by molar-refractivity contribution is 8.02. The average molecular weight is 133 g/mol. The van der Waals surface area contributed by atoms with E-state index in [0.717, 1.165) is 11.1 Å². The van der Waals surface area contributed by atoms with Crippen LogP contribution in [0.3, 0.4) is 0 Å². The lowest BCUT2D eigenvalue weighted by Gasteiger charge is -1.84. The molecule has 0 N–H and O–H groups in total. The molecule has 0 amide bonds. The van der Waals surface area contributed by atoms with E-state index in [1.807, 2.05) is 0 Å². The summed E-state index contributed by atoms with van der Waals surface area (Å²) in [6.07, 6.45) is 2.79. The monoisotopic (exact) mass is 133 g/mol. The van der Waals surface area contributed by atoms with E-state index in [1.165, 1.54) is 11.8 Å². The first-order chi connectivity index (χ1) is 3.66. The zero-order valence-corrected chi connectivity index (χ0v) is 5.57. The van der Waals surface area contributed by atoms with Gasteiger partial charge in [0.1, 0.15) is 0 Å². The molecule has 0 aromatic carbocycles. The van der Waals surface area contributed by atoms with Gasteiger partial charge in [0.15, 0.2) is 0 Å². The van der Waals surface area contributed by atoms with Crippen molar-refractivity contribution in [2.45, 2.75) is 6.92 Å². The third kappa shape index (κ3) is 3.67. The maximum absolute atomic E-state index is 9.68. The Bertz CT molecular complexity index is 121. The summed E-state index contributed by atoms with van der Waals surface area (Å²) in [5.41, 5.74) is 0. The molecule has 0 aromatic heterocycles. The molecule has 0 rings (SSSR count). The predicted octanol–water partition coefficient (Wildman–Crippen LogP) is 1.49. The molecule has 0 unspecified atom stereocenters. The summed E-state index contributed by atoms with van der Waals surface area (Å²) in [5.74, 6) is 0. The Hall–Kier alpha value is -0.510. The van der Waals surface area contributed by atoms with Gasteiger partial charge in [-0.15, -0.1) is 11.8 Å². The molecule has 0 bridgehead atoms. The molecule has 0 atom stereocenters. The lowest BCUT2D eigenvalue weighted by Crippen LogP contribution is -1.83. The number of nitrogens with zero attached hydrogens (tertiary/aromatic N) is 1. The molecular weight excluding hydrogens is 126 g/mol. The molecule has 0 saturated heterocycles. The lowest BCUT2D eigenvalue weighted by molar-refractivity contribution is -0.402. The summed E-state index contributed by atoms with van der Waals surface area (Å²) in [5, 5.41) is 9.68. The summed E-state index contributed by atoms with van der Waals surface area (Å²) >= 11 is 1.37. The van der Waals surface area contributed by atoms with Crippen LogP contribution in [-0.4, -0.2) is 11.2 Å². The molecule has 0 aliphatic carbocycles. The van der Waals surface area contributed by atoms with Crippen molar-refractivity contribution in [3.05, 3.63) is 21.2 Å². The molecule has 0 aliphatic heterocycles. The van der Waals surface area contributed by atoms with Crippen LogP contribution in [0.2, 0.25) is 0 Å². The number of allylic oxidation sites excluding steroid dienone is 1. The minimum absolute atomic E-state index is 0.453. The van der Waals surface area contributed by atoms with Crippen LogP contribution < -0.4 is 0 Å². The maximum Gasteiger partial charge on any atom is 0.243 e. The van der Waals surface area contributed by atoms with Gasteiger partial charge in [0.05, 0.1) is 9.83 Å². The third-order valence-electron chi connectivity index (χ3n) is 0.609. The summed E-state index contributed by atoms with van der Waals surface area (Å²) in [6.45, 7) is 1.70. The van der Waals surface area contributed by atoms with Crippen molar-refractivity contribution >= 4 is 11.8 Å². The van der Waals surface area contributed by atoms with Crippen LogP contribution in [0.5, 0.6) is 0 Å². The summed E-state index contributed by atoms with van der Waals surface area (Å²) in [7, 11) is 0. The molecule has 0 radical (unpaired) electrons. The molecule has 0 heterocycles. The van der Waals surface area contributed by atoms with Crippen LogP contribution in [0.1, 0.15) is 6.92 Å². The number of hydrogen-bond acceptors (Lipinski definition) is 3. The van der Waals surface area contributed by atoms with E-state index in [4.69, 9.17) is 0 Å². The van der Waals surface area contributed by atoms with E-state index < -0.39 is 4.92 Å². The molecular formula is C4H7NO2S. The minimum atomic E-state index is -0.453. The lowest BCUT2D eigenvalue weighted by atomic mass is 10.7. The normalized spacial score (nSPS) is 11.5. The molecule has 0 spiro atoms. The second kappa shape index (κ2) is 3.49. The highest BCUT2D eigenvalue weighted by Crippen LogP contribution is 2.07. The van der Waals surface area contributed by atoms with Crippen molar-refractivity contribution in [2.75, 3.05) is 6.26 Å². The topological polar surface area (TPSA) is 43.1 Å². The van der Waals surface area contributed by atoms with Gasteiger partial charge in [-0.3, -0.25) is 10.1 Å². The first kappa shape index (κ1) is 7.49. The van der Waals surface area contributed by atoms with Crippen LogP contribution >= 0.6 is 11.8 Å². The largest absolute Gasteiger partial charge is 0.259 e. The van der Waals surface area contributed by atoms with Crippen molar-refractivity contribution in [3.63, 3.8) is 0 Å². The van der Waals surface area contributed by atoms with Crippen LogP contribution in [0.15, 0.2) is 11.1 Å². The molecule has 8 heavy (non-hydrogen) atoms. The summed E-state index contributed by atoms with van der Waals surface area (Å²) < 4.78 is 0. The van der Waals surface area contributed by atoms with Crippen molar-refractivity contribution in [3.8, 4) is 0 Å². The van der Waals surface area contributed by atoms with E-state index in [0.29, 0.717) is 0 Å². The highest BCUT2D eigenvalue weighted by atomic mass is 32.2. The van der Waals surface area contributed by atoms with E-state index in [-0.39, 0.29) is 0 Å². The van der Waals surface area contributed by atoms with Crippen LogP contribution in [-0.2, 0) is 0 Å². The quantitative estimate of drug-likeness (QED) is 0.423. The Labute approximate surface area is 51.9 Å². The van der Waals surface area contributed by atoms with E-state index >= 15 is 0 Å². The van der Waals surface area contributed by atoms with Gasteiger partial charge in [0.2, 0.25) is 6.20 Å². The van der Waals surface area contributed by atoms with Crippen molar-refractivity contribution in [1.29, 1.82) is 0 Å². The van der Waals surface area contributed by atoms with Gasteiger partial charge in [0, 0.05) is 0 Å². The smallest absolute Gasteiger partial charge is 0.243 e. The summed E-state index contributed by atoms with van der Waals surface area (Å²) in [6, 6.07) is 0. The van der Waals surface area contributed by atoms with Gasteiger partial charge in [-0.2, -0.15) is 0 Å². The Morgan fingerprint density at radius 3 is 2.50 bits per heavy atom. The van der Waals surface area contributed by atoms with Gasteiger partial charge >= 0.3 is 0 Å². The summed E-state index contributed by atoms with van der Waals surface area (Å²) in [4.78, 5) is 9.95.